The average Bonchev–Trinajstić information content (AvgIpc) is 1.83. The third-order valence-electron chi connectivity index (χ3n) is 1.88. The lowest BCUT2D eigenvalue weighted by molar-refractivity contribution is 1.27. The first-order chi connectivity index (χ1) is 4.22. The zero-order valence-corrected chi connectivity index (χ0v) is 13.3. The molecular formula is C9H18Br3N. The molecule has 0 bridgehead atoms. The van der Waals surface area contributed by atoms with Crippen molar-refractivity contribution < 1.29 is 0 Å². The maximum absolute atomic E-state index is 2.16. The van der Waals surface area contributed by atoms with Gasteiger partial charge in [0.05, 0.1) is 0 Å². The molecule has 0 spiro atoms. The zero-order valence-electron chi connectivity index (χ0n) is 8.16. The molecule has 0 radical (unpaired) electrons. The van der Waals surface area contributed by atoms with Crippen LogP contribution in [0.3, 0.4) is 0 Å². The molecule has 0 aliphatic rings. The van der Waals surface area contributed by atoms with Crippen molar-refractivity contribution in [3.8, 4) is 0 Å². The van der Waals surface area contributed by atoms with Crippen molar-refractivity contribution in [2.24, 2.45) is 0 Å². The summed E-state index contributed by atoms with van der Waals surface area (Å²) in [6.45, 7) is 6.44. The van der Waals surface area contributed by atoms with Gasteiger partial charge in [0.2, 0.25) is 0 Å². The van der Waals surface area contributed by atoms with Crippen LogP contribution in [0.5, 0.6) is 0 Å². The Kier molecular flexibility index (Phi) is 19.3. The topological polar surface area (TPSA) is 35.0 Å². The Morgan fingerprint density at radius 1 is 0.769 bits per heavy atom. The van der Waals surface area contributed by atoms with Crippen LogP contribution < -0.4 is 6.15 Å². The molecule has 0 amide bonds. The van der Waals surface area contributed by atoms with Gasteiger partial charge < -0.3 is 6.15 Å². The van der Waals surface area contributed by atoms with Crippen LogP contribution in [-0.2, 0) is 0 Å². The summed E-state index contributed by atoms with van der Waals surface area (Å²) in [7, 11) is 0. The molecule has 1 aromatic rings. The van der Waals surface area contributed by atoms with E-state index in [-0.39, 0.29) is 57.1 Å². The van der Waals surface area contributed by atoms with Crippen LogP contribution in [0.1, 0.15) is 16.7 Å². The van der Waals surface area contributed by atoms with Crippen molar-refractivity contribution in [2.75, 3.05) is 0 Å². The number of hydrogen-bond donors (Lipinski definition) is 1. The van der Waals surface area contributed by atoms with Crippen LogP contribution >= 0.6 is 50.9 Å². The lowest BCUT2D eigenvalue weighted by Crippen LogP contribution is -1.82. The molecule has 0 saturated carbocycles. The fraction of sp³-hybridized carbons (Fsp3) is 0.333. The highest BCUT2D eigenvalue weighted by Gasteiger charge is 1.91. The molecule has 0 aromatic heterocycles. The maximum Gasteiger partial charge on any atom is -0.0392 e. The summed E-state index contributed by atoms with van der Waals surface area (Å²) in [5.41, 5.74) is 4.18. The molecule has 0 unspecified atom stereocenters. The van der Waals surface area contributed by atoms with Gasteiger partial charge in [-0.05, 0) is 37.5 Å². The van der Waals surface area contributed by atoms with Crippen LogP contribution in [-0.4, -0.2) is 0 Å². The van der Waals surface area contributed by atoms with Gasteiger partial charge in [0.15, 0.2) is 0 Å². The predicted octanol–water partition coefficient (Wildman–Crippen LogP) is 4.51. The van der Waals surface area contributed by atoms with E-state index in [9.17, 15) is 0 Å². The Hall–Kier alpha value is 0.620. The Bertz CT molecular complexity index is 206. The maximum atomic E-state index is 2.16. The van der Waals surface area contributed by atoms with Crippen LogP contribution in [0, 0.1) is 20.8 Å². The van der Waals surface area contributed by atoms with Gasteiger partial charge in [-0.25, -0.2) is 0 Å². The molecular weight excluding hydrogens is 362 g/mol. The van der Waals surface area contributed by atoms with Crippen molar-refractivity contribution in [2.45, 2.75) is 20.8 Å². The number of hydrogen-bond acceptors (Lipinski definition) is 1. The van der Waals surface area contributed by atoms with E-state index in [0.717, 1.165) is 0 Å². The van der Waals surface area contributed by atoms with Crippen molar-refractivity contribution in [3.63, 3.8) is 0 Å². The van der Waals surface area contributed by atoms with Gasteiger partial charge >= 0.3 is 0 Å². The summed E-state index contributed by atoms with van der Waals surface area (Å²) in [6.07, 6.45) is 0. The van der Waals surface area contributed by atoms with Crippen LogP contribution in [0.4, 0.5) is 0 Å². The highest BCUT2D eigenvalue weighted by Crippen LogP contribution is 2.09. The molecule has 0 fully saturated rings. The number of aryl methyl sites for hydroxylation is 2. The van der Waals surface area contributed by atoms with Crippen molar-refractivity contribution in [1.29, 1.82) is 0 Å². The van der Waals surface area contributed by atoms with E-state index in [1.54, 1.807) is 0 Å². The van der Waals surface area contributed by atoms with E-state index in [2.05, 4.69) is 39.0 Å². The van der Waals surface area contributed by atoms with E-state index in [1.807, 2.05) is 0 Å². The lowest BCUT2D eigenvalue weighted by Gasteiger charge is -2.00. The highest BCUT2D eigenvalue weighted by atomic mass is 79.9. The summed E-state index contributed by atoms with van der Waals surface area (Å²) in [5, 5.41) is 0. The SMILES string of the molecule is Br.Br.Br.Cc1cccc(C)c1C.N. The van der Waals surface area contributed by atoms with Crippen LogP contribution in [0.25, 0.3) is 0 Å². The number of halogens is 3. The Balaban J connectivity index is -0.000000101. The Labute approximate surface area is 112 Å². The minimum absolute atomic E-state index is 0. The first-order valence-corrected chi connectivity index (χ1v) is 3.24. The summed E-state index contributed by atoms with van der Waals surface area (Å²) in [6, 6.07) is 6.38. The van der Waals surface area contributed by atoms with E-state index in [0.29, 0.717) is 0 Å². The van der Waals surface area contributed by atoms with Gasteiger partial charge in [0.25, 0.3) is 0 Å². The van der Waals surface area contributed by atoms with Gasteiger partial charge in [0.1, 0.15) is 0 Å². The Morgan fingerprint density at radius 3 is 1.31 bits per heavy atom. The second-order valence-corrected chi connectivity index (χ2v) is 2.52. The first kappa shape index (κ1) is 23.4. The fourth-order valence-electron chi connectivity index (χ4n) is 0.898. The molecule has 1 nitrogen and oxygen atoms in total. The minimum atomic E-state index is 0. The fourth-order valence-corrected chi connectivity index (χ4v) is 0.898. The molecule has 0 atom stereocenters. The largest absolute Gasteiger partial charge is 0.344 e. The summed E-state index contributed by atoms with van der Waals surface area (Å²) in [4.78, 5) is 0. The normalized spacial score (nSPS) is 6.69. The lowest BCUT2D eigenvalue weighted by atomic mass is 10.1. The molecule has 0 aliphatic carbocycles. The summed E-state index contributed by atoms with van der Waals surface area (Å²) in [5.74, 6) is 0. The quantitative estimate of drug-likeness (QED) is 0.707. The highest BCUT2D eigenvalue weighted by molar-refractivity contribution is 8.93. The molecule has 4 heteroatoms. The molecule has 13 heavy (non-hydrogen) atoms. The third-order valence-corrected chi connectivity index (χ3v) is 1.88. The second kappa shape index (κ2) is 10.7. The van der Waals surface area contributed by atoms with E-state index in [1.165, 1.54) is 16.7 Å². The smallest absolute Gasteiger partial charge is 0.0392 e. The molecule has 0 aliphatic heterocycles. The molecule has 1 rings (SSSR count). The van der Waals surface area contributed by atoms with E-state index in [4.69, 9.17) is 0 Å². The first-order valence-electron chi connectivity index (χ1n) is 3.24. The molecule has 0 saturated heterocycles. The van der Waals surface area contributed by atoms with Crippen LogP contribution in [0.15, 0.2) is 18.2 Å². The molecule has 80 valence electrons. The van der Waals surface area contributed by atoms with E-state index < -0.39 is 0 Å². The predicted molar refractivity (Wildman–Crippen MR) is 76.6 cm³/mol. The van der Waals surface area contributed by atoms with E-state index >= 15 is 0 Å². The van der Waals surface area contributed by atoms with Gasteiger partial charge in [-0.3, -0.25) is 0 Å². The molecule has 3 N–H and O–H groups in total. The number of rotatable bonds is 0. The standard InChI is InChI=1S/C9H12.3BrH.H3N/c1-7-5-4-6-8(2)9(7)3;;;;/h4-6H,1-3H3;3*1H;1H3. The monoisotopic (exact) mass is 377 g/mol. The minimum Gasteiger partial charge on any atom is -0.344 e. The third kappa shape index (κ3) is 6.66. The summed E-state index contributed by atoms with van der Waals surface area (Å²) >= 11 is 0. The molecule has 1 aromatic carbocycles. The van der Waals surface area contributed by atoms with Crippen molar-refractivity contribution in [1.82, 2.24) is 6.15 Å². The number of benzene rings is 1. The molecule has 0 heterocycles. The van der Waals surface area contributed by atoms with Gasteiger partial charge in [-0.2, -0.15) is 0 Å². The summed E-state index contributed by atoms with van der Waals surface area (Å²) < 4.78 is 0. The zero-order chi connectivity index (χ0) is 6.85. The Morgan fingerprint density at radius 2 is 1.08 bits per heavy atom. The van der Waals surface area contributed by atoms with Gasteiger partial charge in [-0.1, -0.05) is 18.2 Å². The van der Waals surface area contributed by atoms with Crippen molar-refractivity contribution >= 4 is 50.9 Å². The van der Waals surface area contributed by atoms with Crippen molar-refractivity contribution in [3.05, 3.63) is 34.9 Å². The average molecular weight is 380 g/mol. The van der Waals surface area contributed by atoms with Crippen LogP contribution in [0.2, 0.25) is 0 Å². The van der Waals surface area contributed by atoms with Gasteiger partial charge in [-0.15, -0.1) is 50.9 Å². The second-order valence-electron chi connectivity index (χ2n) is 2.52. The van der Waals surface area contributed by atoms with Gasteiger partial charge in [0, 0.05) is 0 Å².